The number of nitrogens with one attached hydrogen (secondary N) is 1. The Bertz CT molecular complexity index is 1160. The van der Waals surface area contributed by atoms with E-state index in [4.69, 9.17) is 9.47 Å². The Hall–Kier alpha value is -2.83. The lowest BCUT2D eigenvalue weighted by atomic mass is 10.2. The molecule has 0 unspecified atom stereocenters. The quantitative estimate of drug-likeness (QED) is 0.429. The summed E-state index contributed by atoms with van der Waals surface area (Å²) < 4.78 is 62.1. The Morgan fingerprint density at radius 1 is 0.941 bits per heavy atom. The summed E-state index contributed by atoms with van der Waals surface area (Å²) in [6.45, 7) is 4.06. The number of sulfonamides is 2. The van der Waals surface area contributed by atoms with Crippen LogP contribution in [0.2, 0.25) is 0 Å². The Morgan fingerprint density at radius 2 is 1.47 bits per heavy atom. The minimum absolute atomic E-state index is 0.111. The maximum atomic E-state index is 12.6. The molecule has 0 saturated heterocycles. The zero-order valence-corrected chi connectivity index (χ0v) is 21.5. The number of hydrogen-bond acceptors (Lipinski definition) is 7. The molecule has 0 aliphatic carbocycles. The Morgan fingerprint density at radius 3 is 1.97 bits per heavy atom. The molecular formula is C22H31N3O7S2. The first kappa shape index (κ1) is 27.4. The molecule has 12 heteroatoms. The lowest BCUT2D eigenvalue weighted by Gasteiger charge is -2.28. The number of anilines is 1. The highest BCUT2D eigenvalue weighted by molar-refractivity contribution is 7.92. The molecule has 0 bridgehead atoms. The third-order valence-corrected chi connectivity index (χ3v) is 7.83. The van der Waals surface area contributed by atoms with Crippen molar-refractivity contribution in [1.29, 1.82) is 0 Å². The summed E-state index contributed by atoms with van der Waals surface area (Å²) >= 11 is 0. The van der Waals surface area contributed by atoms with Gasteiger partial charge >= 0.3 is 0 Å². The van der Waals surface area contributed by atoms with Crippen LogP contribution in [-0.4, -0.2) is 73.2 Å². The highest BCUT2D eigenvalue weighted by Gasteiger charge is 2.29. The highest BCUT2D eigenvalue weighted by atomic mass is 32.2. The van der Waals surface area contributed by atoms with E-state index >= 15 is 0 Å². The summed E-state index contributed by atoms with van der Waals surface area (Å²) in [7, 11) is -4.37. The van der Waals surface area contributed by atoms with Crippen molar-refractivity contribution in [3.8, 4) is 11.5 Å². The van der Waals surface area contributed by atoms with Crippen molar-refractivity contribution < 1.29 is 31.1 Å². The van der Waals surface area contributed by atoms with E-state index in [1.807, 2.05) is 6.92 Å². The summed E-state index contributed by atoms with van der Waals surface area (Å²) in [4.78, 5) is 12.8. The second-order valence-electron chi connectivity index (χ2n) is 7.56. The molecule has 1 amide bonds. The van der Waals surface area contributed by atoms with Gasteiger partial charge in [-0.2, -0.15) is 0 Å². The fourth-order valence-corrected chi connectivity index (χ4v) is 5.15. The molecule has 2 aromatic carbocycles. The van der Waals surface area contributed by atoms with Crippen LogP contribution in [0, 0.1) is 0 Å². The number of carbonyl (C=O) groups excluding carboxylic acids is 1. The predicted molar refractivity (Wildman–Crippen MR) is 130 cm³/mol. The van der Waals surface area contributed by atoms with E-state index in [2.05, 4.69) is 5.32 Å². The van der Waals surface area contributed by atoms with Gasteiger partial charge in [-0.1, -0.05) is 0 Å². The van der Waals surface area contributed by atoms with Gasteiger partial charge in [-0.25, -0.2) is 21.1 Å². The average Bonchev–Trinajstić information content (AvgIpc) is 2.77. The molecule has 0 heterocycles. The number of amides is 1. The fraction of sp³-hybridized carbons (Fsp3) is 0.409. The van der Waals surface area contributed by atoms with Crippen LogP contribution in [0.3, 0.4) is 0 Å². The normalized spacial score (nSPS) is 12.8. The van der Waals surface area contributed by atoms with Gasteiger partial charge in [0.15, 0.2) is 0 Å². The van der Waals surface area contributed by atoms with E-state index in [1.165, 1.54) is 45.3 Å². The molecule has 0 fully saturated rings. The van der Waals surface area contributed by atoms with Gasteiger partial charge < -0.3 is 14.8 Å². The summed E-state index contributed by atoms with van der Waals surface area (Å²) in [5, 5.41) is 2.66. The van der Waals surface area contributed by atoms with E-state index < -0.39 is 32.0 Å². The molecule has 0 spiro atoms. The predicted octanol–water partition coefficient (Wildman–Crippen LogP) is 1.69. The van der Waals surface area contributed by atoms with Crippen molar-refractivity contribution in [3.63, 3.8) is 0 Å². The molecule has 0 aliphatic rings. The van der Waals surface area contributed by atoms with Crippen molar-refractivity contribution in [3.05, 3.63) is 48.5 Å². The summed E-state index contributed by atoms with van der Waals surface area (Å²) in [5.41, 5.74) is 0.345. The van der Waals surface area contributed by atoms with Gasteiger partial charge in [0.2, 0.25) is 26.0 Å². The number of ether oxygens (including phenoxy) is 2. The molecule has 0 saturated carbocycles. The number of nitrogens with zero attached hydrogens (tertiary/aromatic N) is 2. The maximum Gasteiger partial charge on any atom is 0.243 e. The zero-order chi connectivity index (χ0) is 25.5. The minimum Gasteiger partial charge on any atom is -0.494 e. The van der Waals surface area contributed by atoms with Crippen molar-refractivity contribution in [2.24, 2.45) is 0 Å². The Labute approximate surface area is 201 Å². The van der Waals surface area contributed by atoms with E-state index in [-0.39, 0.29) is 18.0 Å². The maximum absolute atomic E-state index is 12.6. The Balaban J connectivity index is 1.96. The number of carbonyl (C=O) groups is 1. The minimum atomic E-state index is -3.74. The summed E-state index contributed by atoms with van der Waals surface area (Å²) in [6, 6.07) is 11.4. The molecule has 34 heavy (non-hydrogen) atoms. The zero-order valence-electron chi connectivity index (χ0n) is 19.9. The van der Waals surface area contributed by atoms with Gasteiger partial charge in [0.05, 0.1) is 30.0 Å². The van der Waals surface area contributed by atoms with E-state index in [9.17, 15) is 21.6 Å². The SMILES string of the molecule is CCOc1ccc(N([C@H](C)C(=O)NCCOc2ccc(S(=O)(=O)N(C)C)cc2)S(C)(=O)=O)cc1. The van der Waals surface area contributed by atoms with Crippen molar-refractivity contribution in [2.45, 2.75) is 24.8 Å². The number of hydrogen-bond donors (Lipinski definition) is 1. The van der Waals surface area contributed by atoms with Crippen LogP contribution >= 0.6 is 0 Å². The molecule has 2 rings (SSSR count). The first-order valence-corrected chi connectivity index (χ1v) is 13.8. The summed E-state index contributed by atoms with van der Waals surface area (Å²) in [5.74, 6) is 0.545. The first-order chi connectivity index (χ1) is 15.9. The first-order valence-electron chi connectivity index (χ1n) is 10.5. The number of rotatable bonds is 12. The van der Waals surface area contributed by atoms with Crippen LogP contribution in [0.1, 0.15) is 13.8 Å². The van der Waals surface area contributed by atoms with Crippen molar-refractivity contribution in [1.82, 2.24) is 9.62 Å². The fourth-order valence-electron chi connectivity index (χ4n) is 3.07. The second-order valence-corrected chi connectivity index (χ2v) is 11.6. The molecule has 0 radical (unpaired) electrons. The van der Waals surface area contributed by atoms with Gasteiger partial charge in [0.1, 0.15) is 24.1 Å². The number of benzene rings is 2. The molecule has 0 aromatic heterocycles. The molecule has 1 N–H and O–H groups in total. The van der Waals surface area contributed by atoms with Crippen LogP contribution in [0.15, 0.2) is 53.4 Å². The van der Waals surface area contributed by atoms with Crippen molar-refractivity contribution >= 4 is 31.6 Å². The van der Waals surface area contributed by atoms with Crippen LogP contribution < -0.4 is 19.1 Å². The standard InChI is InChI=1S/C22H31N3O7S2/c1-6-31-19-9-7-18(8-10-19)25(33(5,27)28)17(2)22(26)23-15-16-32-20-11-13-21(14-12-20)34(29,30)24(3)4/h7-14,17H,6,15-16H2,1-5H3,(H,23,26)/t17-/m1/s1. The van der Waals surface area contributed by atoms with Gasteiger partial charge in [-0.05, 0) is 62.4 Å². The van der Waals surface area contributed by atoms with Crippen LogP contribution in [0.5, 0.6) is 11.5 Å². The third-order valence-electron chi connectivity index (χ3n) is 4.76. The monoisotopic (exact) mass is 513 g/mol. The van der Waals surface area contributed by atoms with Crippen LogP contribution in [0.4, 0.5) is 5.69 Å². The molecule has 1 atom stereocenters. The lowest BCUT2D eigenvalue weighted by molar-refractivity contribution is -0.121. The van der Waals surface area contributed by atoms with Gasteiger partial charge in [0, 0.05) is 14.1 Å². The van der Waals surface area contributed by atoms with Gasteiger partial charge in [-0.15, -0.1) is 0 Å². The molecule has 188 valence electrons. The largest absolute Gasteiger partial charge is 0.494 e. The Kier molecular flexibility index (Phi) is 9.30. The molecule has 10 nitrogen and oxygen atoms in total. The van der Waals surface area contributed by atoms with Crippen LogP contribution in [-0.2, 0) is 24.8 Å². The van der Waals surface area contributed by atoms with E-state index in [1.54, 1.807) is 24.3 Å². The van der Waals surface area contributed by atoms with Gasteiger partial charge in [0.25, 0.3) is 0 Å². The van der Waals surface area contributed by atoms with Crippen LogP contribution in [0.25, 0.3) is 0 Å². The smallest absolute Gasteiger partial charge is 0.243 e. The molecule has 2 aromatic rings. The topological polar surface area (TPSA) is 122 Å². The molecule has 0 aliphatic heterocycles. The lowest BCUT2D eigenvalue weighted by Crippen LogP contribution is -2.48. The van der Waals surface area contributed by atoms with E-state index in [0.29, 0.717) is 23.8 Å². The van der Waals surface area contributed by atoms with Crippen molar-refractivity contribution in [2.75, 3.05) is 44.4 Å². The van der Waals surface area contributed by atoms with Gasteiger partial charge in [-0.3, -0.25) is 9.10 Å². The average molecular weight is 514 g/mol. The summed E-state index contributed by atoms with van der Waals surface area (Å²) in [6.07, 6.45) is 1.04. The molecular weight excluding hydrogens is 482 g/mol. The third kappa shape index (κ3) is 7.08. The second kappa shape index (κ2) is 11.5. The highest BCUT2D eigenvalue weighted by Crippen LogP contribution is 2.24. The van der Waals surface area contributed by atoms with E-state index in [0.717, 1.165) is 14.9 Å².